The van der Waals surface area contributed by atoms with Crippen LogP contribution in [0.3, 0.4) is 0 Å². The quantitative estimate of drug-likeness (QED) is 0.455. The lowest BCUT2D eigenvalue weighted by Crippen LogP contribution is -2.31. The minimum atomic E-state index is 0.271. The van der Waals surface area contributed by atoms with Crippen molar-refractivity contribution in [3.05, 3.63) is 29.2 Å². The van der Waals surface area contributed by atoms with E-state index in [0.29, 0.717) is 35.6 Å². The number of aryl methyl sites for hydroxylation is 1. The second-order valence-corrected chi connectivity index (χ2v) is 8.50. The third-order valence-corrected chi connectivity index (χ3v) is 5.84. The number of ether oxygens (including phenoxy) is 2. The van der Waals surface area contributed by atoms with Crippen LogP contribution in [0.25, 0.3) is 5.70 Å². The Bertz CT molecular complexity index is 916. The Balaban J connectivity index is 1.51. The Hall–Kier alpha value is -2.88. The molecule has 0 aromatic carbocycles. The molecule has 0 amide bonds. The molecule has 2 saturated carbocycles. The van der Waals surface area contributed by atoms with Gasteiger partial charge in [0, 0.05) is 7.05 Å². The second-order valence-electron chi connectivity index (χ2n) is 8.50. The van der Waals surface area contributed by atoms with Gasteiger partial charge in [0.05, 0.1) is 42.0 Å². The number of hydrogen-bond acceptors (Lipinski definition) is 9. The van der Waals surface area contributed by atoms with Crippen molar-refractivity contribution < 1.29 is 9.47 Å². The highest BCUT2D eigenvalue weighted by Gasteiger charge is 2.24. The van der Waals surface area contributed by atoms with Crippen molar-refractivity contribution in [1.82, 2.24) is 30.2 Å². The molecule has 10 heteroatoms. The lowest BCUT2D eigenvalue weighted by atomic mass is 9.98. The molecule has 0 radical (unpaired) electrons. The molecule has 0 bridgehead atoms. The van der Waals surface area contributed by atoms with Crippen molar-refractivity contribution in [2.45, 2.75) is 64.5 Å². The predicted octanol–water partition coefficient (Wildman–Crippen LogP) is 2.01. The van der Waals surface area contributed by atoms with Crippen LogP contribution in [0.1, 0.15) is 56.3 Å². The molecule has 0 spiro atoms. The highest BCUT2D eigenvalue weighted by atomic mass is 16.5. The van der Waals surface area contributed by atoms with Gasteiger partial charge in [-0.2, -0.15) is 4.68 Å². The van der Waals surface area contributed by atoms with Gasteiger partial charge in [-0.3, -0.25) is 0 Å². The van der Waals surface area contributed by atoms with E-state index in [1.165, 1.54) is 37.1 Å². The smallest absolute Gasteiger partial charge is 0.335 e. The molecule has 168 valence electrons. The van der Waals surface area contributed by atoms with Gasteiger partial charge in [0.25, 0.3) is 0 Å². The Morgan fingerprint density at radius 3 is 2.65 bits per heavy atom. The molecule has 10 nitrogen and oxygen atoms in total. The topological polar surface area (TPSA) is 130 Å². The predicted molar refractivity (Wildman–Crippen MR) is 116 cm³/mol. The molecule has 0 saturated heterocycles. The Morgan fingerprint density at radius 1 is 1.19 bits per heavy atom. The van der Waals surface area contributed by atoms with Crippen LogP contribution >= 0.6 is 0 Å². The highest BCUT2D eigenvalue weighted by Crippen LogP contribution is 2.29. The molecule has 2 heterocycles. The summed E-state index contributed by atoms with van der Waals surface area (Å²) >= 11 is 0. The molecule has 2 fully saturated rings. The lowest BCUT2D eigenvalue weighted by molar-refractivity contribution is 0.153. The molecular formula is C21H32N8O2. The van der Waals surface area contributed by atoms with E-state index in [1.807, 2.05) is 19.1 Å². The molecule has 4 rings (SSSR count). The summed E-state index contributed by atoms with van der Waals surface area (Å²) in [5.74, 6) is 7.49. The number of nitrogens with zero attached hydrogens (tertiary/aromatic N) is 6. The SMILES string of the molecule is Cc1nc(/C(N)=C(\Cn2nnnc2OCC2CC2)N(C)N)ccc1OC1CCCCC1. The van der Waals surface area contributed by atoms with E-state index in [1.54, 1.807) is 11.7 Å². The zero-order valence-corrected chi connectivity index (χ0v) is 18.3. The fraction of sp³-hybridized carbons (Fsp3) is 0.619. The molecule has 2 aliphatic carbocycles. The van der Waals surface area contributed by atoms with E-state index < -0.39 is 0 Å². The summed E-state index contributed by atoms with van der Waals surface area (Å²) < 4.78 is 13.5. The summed E-state index contributed by atoms with van der Waals surface area (Å²) in [5, 5.41) is 13.2. The van der Waals surface area contributed by atoms with Gasteiger partial charge in [-0.25, -0.2) is 10.8 Å². The first-order valence-corrected chi connectivity index (χ1v) is 11.0. The number of hydrazine groups is 1. The van der Waals surface area contributed by atoms with Gasteiger partial charge in [0.2, 0.25) is 0 Å². The average Bonchev–Trinajstić information content (AvgIpc) is 3.49. The van der Waals surface area contributed by atoms with Gasteiger partial charge in [-0.1, -0.05) is 11.5 Å². The number of pyridine rings is 1. The first-order chi connectivity index (χ1) is 15.0. The van der Waals surface area contributed by atoms with Crippen LogP contribution in [0.2, 0.25) is 0 Å². The maximum absolute atomic E-state index is 6.47. The molecule has 0 aliphatic heterocycles. The van der Waals surface area contributed by atoms with Gasteiger partial charge >= 0.3 is 6.01 Å². The number of aromatic nitrogens is 5. The summed E-state index contributed by atoms with van der Waals surface area (Å²) in [7, 11) is 1.73. The van der Waals surface area contributed by atoms with Crippen LogP contribution in [0.15, 0.2) is 17.8 Å². The molecule has 0 unspecified atom stereocenters. The van der Waals surface area contributed by atoms with Crippen molar-refractivity contribution in [3.63, 3.8) is 0 Å². The van der Waals surface area contributed by atoms with Gasteiger partial charge in [-0.15, -0.1) is 0 Å². The van der Waals surface area contributed by atoms with E-state index in [9.17, 15) is 0 Å². The first-order valence-electron chi connectivity index (χ1n) is 11.0. The van der Waals surface area contributed by atoms with Crippen molar-refractivity contribution in [1.29, 1.82) is 0 Å². The molecule has 4 N–H and O–H groups in total. The first kappa shape index (κ1) is 21.4. The summed E-state index contributed by atoms with van der Waals surface area (Å²) in [4.78, 5) is 4.68. The van der Waals surface area contributed by atoms with Crippen molar-refractivity contribution in [2.24, 2.45) is 17.5 Å². The number of likely N-dealkylation sites (N-methyl/N-ethyl adjacent to an activating group) is 1. The third kappa shape index (κ3) is 5.43. The van der Waals surface area contributed by atoms with E-state index in [2.05, 4.69) is 20.5 Å². The lowest BCUT2D eigenvalue weighted by Gasteiger charge is -2.24. The molecule has 0 atom stereocenters. The minimum absolute atomic E-state index is 0.271. The van der Waals surface area contributed by atoms with Gasteiger partial charge in [0.15, 0.2) is 0 Å². The highest BCUT2D eigenvalue weighted by molar-refractivity contribution is 5.63. The summed E-state index contributed by atoms with van der Waals surface area (Å²) in [5.41, 5.74) is 9.01. The van der Waals surface area contributed by atoms with Gasteiger partial charge < -0.3 is 20.2 Å². The van der Waals surface area contributed by atoms with Crippen molar-refractivity contribution >= 4 is 5.70 Å². The van der Waals surface area contributed by atoms with E-state index in [-0.39, 0.29) is 12.6 Å². The molecule has 31 heavy (non-hydrogen) atoms. The zero-order valence-electron chi connectivity index (χ0n) is 18.3. The van der Waals surface area contributed by atoms with Gasteiger partial charge in [0.1, 0.15) is 5.75 Å². The zero-order chi connectivity index (χ0) is 21.8. The number of nitrogens with two attached hydrogens (primary N) is 2. The van der Waals surface area contributed by atoms with Crippen molar-refractivity contribution in [2.75, 3.05) is 13.7 Å². The van der Waals surface area contributed by atoms with Crippen LogP contribution in [0.4, 0.5) is 0 Å². The van der Waals surface area contributed by atoms with Gasteiger partial charge in [-0.05, 0) is 73.9 Å². The number of tetrazole rings is 1. The maximum atomic E-state index is 6.47. The van der Waals surface area contributed by atoms with E-state index >= 15 is 0 Å². The largest absolute Gasteiger partial charge is 0.489 e. The Kier molecular flexibility index (Phi) is 6.55. The van der Waals surface area contributed by atoms with Crippen LogP contribution in [0, 0.1) is 12.8 Å². The van der Waals surface area contributed by atoms with E-state index in [4.69, 9.17) is 21.1 Å². The Labute approximate surface area is 182 Å². The normalized spacial score (nSPS) is 17.9. The van der Waals surface area contributed by atoms with Crippen molar-refractivity contribution in [3.8, 4) is 11.8 Å². The minimum Gasteiger partial charge on any atom is -0.489 e. The monoisotopic (exact) mass is 428 g/mol. The molecule has 2 aromatic rings. The number of allylic oxidation sites excluding steroid dienone is 1. The second kappa shape index (κ2) is 9.51. The summed E-state index contributed by atoms with van der Waals surface area (Å²) in [6.45, 7) is 2.83. The van der Waals surface area contributed by atoms with Crippen LogP contribution < -0.4 is 21.1 Å². The fourth-order valence-corrected chi connectivity index (χ4v) is 3.74. The Morgan fingerprint density at radius 2 is 1.97 bits per heavy atom. The van der Waals surface area contributed by atoms with Crippen LogP contribution in [0.5, 0.6) is 11.8 Å². The van der Waals surface area contributed by atoms with E-state index in [0.717, 1.165) is 24.3 Å². The summed E-state index contributed by atoms with van der Waals surface area (Å²) in [6.07, 6.45) is 8.59. The number of rotatable bonds is 9. The third-order valence-electron chi connectivity index (χ3n) is 5.84. The maximum Gasteiger partial charge on any atom is 0.335 e. The number of hydrogen-bond donors (Lipinski definition) is 2. The molecular weight excluding hydrogens is 396 g/mol. The molecule has 2 aromatic heterocycles. The summed E-state index contributed by atoms with van der Waals surface area (Å²) in [6, 6.07) is 4.17. The average molecular weight is 429 g/mol. The fourth-order valence-electron chi connectivity index (χ4n) is 3.74. The van der Waals surface area contributed by atoms with Crippen LogP contribution in [-0.2, 0) is 6.54 Å². The van der Waals surface area contributed by atoms with Crippen LogP contribution in [-0.4, -0.2) is 50.0 Å². The standard InChI is InChI=1S/C21H32N8O2/c1-14-19(31-16-6-4-3-5-7-16)11-10-17(24-14)20(22)18(28(2)23)12-29-21(25-26-27-29)30-13-15-8-9-15/h10-11,15-16H,3-9,12-13,22-23H2,1-2H3/b20-18-. The molecule has 2 aliphatic rings.